The lowest BCUT2D eigenvalue weighted by molar-refractivity contribution is 0.0600. The van der Waals surface area contributed by atoms with Crippen molar-refractivity contribution in [2.45, 2.75) is 6.16 Å². The summed E-state index contributed by atoms with van der Waals surface area (Å²) < 4.78 is 15.0. The Morgan fingerprint density at radius 2 is 1.81 bits per heavy atom. The number of rotatable bonds is 5. The molecule has 1 aromatic carbocycles. The van der Waals surface area contributed by atoms with Gasteiger partial charge in [-0.15, -0.1) is 0 Å². The number of esters is 1. The molecule has 0 atom stereocenters. The molecule has 88 valence electrons. The summed E-state index contributed by atoms with van der Waals surface area (Å²) in [7, 11) is 3.57. The molecule has 5 heteroatoms. The average molecular weight is 242 g/mol. The molecule has 16 heavy (non-hydrogen) atoms. The smallest absolute Gasteiger partial charge is 0.338 e. The van der Waals surface area contributed by atoms with Gasteiger partial charge in [-0.1, -0.05) is 18.2 Å². The second kappa shape index (κ2) is 6.59. The Balaban J connectivity index is 2.90. The number of hydrogen-bond donors (Lipinski definition) is 0. The van der Waals surface area contributed by atoms with Crippen molar-refractivity contribution in [2.75, 3.05) is 21.3 Å². The van der Waals surface area contributed by atoms with Crippen LogP contribution in [0, 0.1) is 0 Å². The van der Waals surface area contributed by atoms with Crippen LogP contribution < -0.4 is 0 Å². The van der Waals surface area contributed by atoms with Crippen LogP contribution in [0.15, 0.2) is 24.3 Å². The molecule has 0 heterocycles. The first-order valence-electron chi connectivity index (χ1n) is 4.75. The Morgan fingerprint density at radius 1 is 1.19 bits per heavy atom. The maximum Gasteiger partial charge on any atom is 0.338 e. The van der Waals surface area contributed by atoms with Gasteiger partial charge in [-0.3, -0.25) is 0 Å². The fourth-order valence-electron chi connectivity index (χ4n) is 1.31. The zero-order valence-electron chi connectivity index (χ0n) is 9.60. The van der Waals surface area contributed by atoms with Gasteiger partial charge in [0.25, 0.3) is 0 Å². The van der Waals surface area contributed by atoms with Crippen molar-refractivity contribution in [3.63, 3.8) is 0 Å². The van der Waals surface area contributed by atoms with Crippen molar-refractivity contribution in [1.29, 1.82) is 0 Å². The van der Waals surface area contributed by atoms with Crippen LogP contribution >= 0.6 is 8.38 Å². The van der Waals surface area contributed by atoms with Crippen LogP contribution in [-0.2, 0) is 19.9 Å². The maximum absolute atomic E-state index is 11.5. The van der Waals surface area contributed by atoms with E-state index in [1.165, 1.54) is 7.11 Å². The lowest BCUT2D eigenvalue weighted by Gasteiger charge is -2.13. The van der Waals surface area contributed by atoms with E-state index in [1.54, 1.807) is 26.4 Å². The van der Waals surface area contributed by atoms with Gasteiger partial charge in [0.2, 0.25) is 0 Å². The van der Waals surface area contributed by atoms with Crippen molar-refractivity contribution in [3.8, 4) is 0 Å². The molecule has 0 aliphatic carbocycles. The first kappa shape index (κ1) is 13.1. The summed E-state index contributed by atoms with van der Waals surface area (Å²) in [5, 5.41) is 0. The number of ether oxygens (including phenoxy) is 1. The van der Waals surface area contributed by atoms with Crippen LogP contribution in [0.5, 0.6) is 0 Å². The van der Waals surface area contributed by atoms with Gasteiger partial charge in [0.15, 0.2) is 8.38 Å². The minimum absolute atomic E-state index is 0.335. The third-order valence-electron chi connectivity index (χ3n) is 2.13. The SMILES string of the molecule is COC(=O)c1ccccc1CP(OC)OC. The van der Waals surface area contributed by atoms with Crippen LogP contribution in [0.4, 0.5) is 0 Å². The second-order valence-corrected chi connectivity index (χ2v) is 4.72. The van der Waals surface area contributed by atoms with E-state index < -0.39 is 8.38 Å². The highest BCUT2D eigenvalue weighted by atomic mass is 31.2. The van der Waals surface area contributed by atoms with E-state index in [9.17, 15) is 4.79 Å². The number of methoxy groups -OCH3 is 1. The van der Waals surface area contributed by atoms with E-state index in [4.69, 9.17) is 13.8 Å². The van der Waals surface area contributed by atoms with Gasteiger partial charge in [-0.05, 0) is 11.6 Å². The lowest BCUT2D eigenvalue weighted by Crippen LogP contribution is -2.05. The van der Waals surface area contributed by atoms with E-state index in [1.807, 2.05) is 12.1 Å². The molecule has 0 saturated carbocycles. The fraction of sp³-hybridized carbons (Fsp3) is 0.364. The van der Waals surface area contributed by atoms with Gasteiger partial charge in [-0.2, -0.15) is 0 Å². The Labute approximate surface area is 96.4 Å². The van der Waals surface area contributed by atoms with E-state index >= 15 is 0 Å². The van der Waals surface area contributed by atoms with Crippen molar-refractivity contribution in [1.82, 2.24) is 0 Å². The molecule has 0 amide bonds. The topological polar surface area (TPSA) is 44.8 Å². The molecule has 4 nitrogen and oxygen atoms in total. The monoisotopic (exact) mass is 242 g/mol. The summed E-state index contributed by atoms with van der Waals surface area (Å²) >= 11 is 0. The summed E-state index contributed by atoms with van der Waals surface area (Å²) in [5.74, 6) is -0.335. The molecule has 0 saturated heterocycles. The van der Waals surface area contributed by atoms with E-state index in [0.29, 0.717) is 11.7 Å². The minimum Gasteiger partial charge on any atom is -0.465 e. The highest BCUT2D eigenvalue weighted by Crippen LogP contribution is 2.40. The van der Waals surface area contributed by atoms with Crippen LogP contribution in [0.2, 0.25) is 0 Å². The fourth-order valence-corrected chi connectivity index (χ4v) is 2.27. The minimum atomic E-state index is -0.986. The van der Waals surface area contributed by atoms with E-state index in [0.717, 1.165) is 5.56 Å². The molecule has 0 fully saturated rings. The highest BCUT2D eigenvalue weighted by molar-refractivity contribution is 7.46. The van der Waals surface area contributed by atoms with Crippen LogP contribution in [0.1, 0.15) is 15.9 Å². The van der Waals surface area contributed by atoms with Gasteiger partial charge >= 0.3 is 5.97 Å². The molecular formula is C11H15O4P. The van der Waals surface area contributed by atoms with Gasteiger partial charge in [0.1, 0.15) is 0 Å². The second-order valence-electron chi connectivity index (χ2n) is 3.00. The number of benzene rings is 1. The zero-order chi connectivity index (χ0) is 12.0. The number of hydrogen-bond acceptors (Lipinski definition) is 4. The van der Waals surface area contributed by atoms with Gasteiger partial charge < -0.3 is 13.8 Å². The Bertz CT molecular complexity index is 350. The molecular weight excluding hydrogens is 227 g/mol. The summed E-state index contributed by atoms with van der Waals surface area (Å²) in [6.07, 6.45) is 0.577. The molecule has 0 radical (unpaired) electrons. The first-order chi connectivity index (χ1) is 7.72. The highest BCUT2D eigenvalue weighted by Gasteiger charge is 2.15. The summed E-state index contributed by atoms with van der Waals surface area (Å²) in [4.78, 5) is 11.5. The summed E-state index contributed by atoms with van der Waals surface area (Å²) in [6, 6.07) is 7.29. The van der Waals surface area contributed by atoms with E-state index in [-0.39, 0.29) is 5.97 Å². The number of carbonyl (C=O) groups is 1. The number of carbonyl (C=O) groups excluding carboxylic acids is 1. The maximum atomic E-state index is 11.5. The molecule has 0 spiro atoms. The third-order valence-corrected chi connectivity index (χ3v) is 3.54. The Hall–Kier alpha value is -0.960. The van der Waals surface area contributed by atoms with Crippen molar-refractivity contribution < 1.29 is 18.6 Å². The predicted octanol–water partition coefficient (Wildman–Crippen LogP) is 2.58. The van der Waals surface area contributed by atoms with E-state index in [2.05, 4.69) is 0 Å². The normalized spacial score (nSPS) is 10.5. The van der Waals surface area contributed by atoms with Crippen LogP contribution in [0.3, 0.4) is 0 Å². The molecule has 1 aromatic rings. The molecule has 1 rings (SSSR count). The van der Waals surface area contributed by atoms with Crippen LogP contribution in [0.25, 0.3) is 0 Å². The largest absolute Gasteiger partial charge is 0.465 e. The zero-order valence-corrected chi connectivity index (χ0v) is 10.5. The lowest BCUT2D eigenvalue weighted by atomic mass is 10.1. The molecule has 0 N–H and O–H groups in total. The van der Waals surface area contributed by atoms with Crippen molar-refractivity contribution in [2.24, 2.45) is 0 Å². The predicted molar refractivity (Wildman–Crippen MR) is 62.4 cm³/mol. The van der Waals surface area contributed by atoms with Gasteiger partial charge in [-0.25, -0.2) is 4.79 Å². The Morgan fingerprint density at radius 3 is 2.38 bits per heavy atom. The molecule has 0 aliphatic rings. The Kier molecular flexibility index (Phi) is 5.39. The molecule has 0 aromatic heterocycles. The summed E-state index contributed by atoms with van der Waals surface area (Å²) in [5.41, 5.74) is 1.44. The molecule has 0 unspecified atom stereocenters. The quantitative estimate of drug-likeness (QED) is 0.588. The van der Waals surface area contributed by atoms with Gasteiger partial charge in [0.05, 0.1) is 12.7 Å². The molecule has 0 aliphatic heterocycles. The summed E-state index contributed by atoms with van der Waals surface area (Å²) in [6.45, 7) is 0. The standard InChI is InChI=1S/C11H15O4P/c1-13-11(12)10-7-5-4-6-9(10)8-16(14-2)15-3/h4-7H,8H2,1-3H3. The van der Waals surface area contributed by atoms with Crippen molar-refractivity contribution in [3.05, 3.63) is 35.4 Å². The third kappa shape index (κ3) is 3.27. The molecule has 0 bridgehead atoms. The van der Waals surface area contributed by atoms with Gasteiger partial charge in [0, 0.05) is 20.4 Å². The average Bonchev–Trinajstić information content (AvgIpc) is 2.35. The van der Waals surface area contributed by atoms with Crippen molar-refractivity contribution >= 4 is 14.3 Å². The van der Waals surface area contributed by atoms with Crippen LogP contribution in [-0.4, -0.2) is 27.3 Å². The first-order valence-corrected chi connectivity index (χ1v) is 6.11.